The number of aliphatic hydroxyl groups excluding tert-OH is 1. The summed E-state index contributed by atoms with van der Waals surface area (Å²) in [5, 5.41) is 10.8. The summed E-state index contributed by atoms with van der Waals surface area (Å²) < 4.78 is 17.5. The van der Waals surface area contributed by atoms with Crippen molar-refractivity contribution in [3.05, 3.63) is 23.8 Å². The molecule has 0 saturated heterocycles. The Morgan fingerprint density at radius 1 is 1.05 bits per heavy atom. The third-order valence-corrected chi connectivity index (χ3v) is 10.7. The Balaban J connectivity index is 1.72. The summed E-state index contributed by atoms with van der Waals surface area (Å²) in [5.41, 5.74) is 0.793. The van der Waals surface area contributed by atoms with Crippen LogP contribution in [-0.4, -0.2) is 47.9 Å². The van der Waals surface area contributed by atoms with Gasteiger partial charge in [-0.05, 0) is 80.0 Å². The second kappa shape index (κ2) is 12.0. The summed E-state index contributed by atoms with van der Waals surface area (Å²) in [7, 11) is 0. The lowest BCUT2D eigenvalue weighted by atomic mass is 9.46. The molecule has 0 aromatic heterocycles. The molecular weight excluding hydrogens is 508 g/mol. The number of aliphatic hydroxyl groups is 1. The molecule has 7 nitrogen and oxygen atoms in total. The van der Waals surface area contributed by atoms with Gasteiger partial charge in [0.1, 0.15) is 12.2 Å². The van der Waals surface area contributed by atoms with E-state index < -0.39 is 12.2 Å². The van der Waals surface area contributed by atoms with Crippen LogP contribution in [0.15, 0.2) is 23.8 Å². The van der Waals surface area contributed by atoms with Gasteiger partial charge in [0, 0.05) is 32.1 Å². The van der Waals surface area contributed by atoms with Gasteiger partial charge in [-0.25, -0.2) is 0 Å². The van der Waals surface area contributed by atoms with Gasteiger partial charge in [0.2, 0.25) is 0 Å². The predicted octanol–water partition coefficient (Wildman–Crippen LogP) is 5.79. The number of esters is 3. The number of hydrogen-bond acceptors (Lipinski definition) is 7. The first-order valence-electron chi connectivity index (χ1n) is 15.3. The molecule has 0 aliphatic heterocycles. The number of rotatable bonds is 8. The van der Waals surface area contributed by atoms with Crippen molar-refractivity contribution in [1.29, 1.82) is 0 Å². The molecule has 4 rings (SSSR count). The normalized spacial score (nSPS) is 39.5. The molecule has 0 heterocycles. The highest BCUT2D eigenvalue weighted by Gasteiger charge is 2.65. The van der Waals surface area contributed by atoms with Crippen molar-refractivity contribution in [2.75, 3.05) is 6.61 Å². The van der Waals surface area contributed by atoms with Crippen molar-refractivity contribution in [2.45, 2.75) is 112 Å². The maximum atomic E-state index is 12.3. The standard InChI is InChI=1S/C33H50O7/c1-19(2)9-8-10-20(3)31-29(39-22(5)35)16-27-25-12-11-24-15-28(37)30(40-23(6)36)17-32(24,7)26(25)13-14-33(27,31)18-38-21(4)34/h8,10-11,19-20,25-31,37H,9,12-18H2,1-7H3/b10-8+/t20?,25?,26?,27?,28-,29+,30+,31-,32-,33+/m0/s1. The SMILES string of the molecule is CC(=O)OC[C@]12CCC3C(CC=C4C[C@H](O)[C@H](OC(C)=O)C[C@@]43C)C1C[C@@H](OC(C)=O)[C@@H]2C(C)/C=C/CC(C)C. The maximum absolute atomic E-state index is 12.3. The Morgan fingerprint density at radius 3 is 2.35 bits per heavy atom. The summed E-state index contributed by atoms with van der Waals surface area (Å²) in [5.74, 6) is 0.731. The number of fused-ring (bicyclic) bond motifs is 5. The van der Waals surface area contributed by atoms with E-state index in [-0.39, 0.29) is 52.6 Å². The number of ether oxygens (including phenoxy) is 3. The third kappa shape index (κ3) is 5.91. The van der Waals surface area contributed by atoms with E-state index in [0.717, 1.165) is 32.1 Å². The van der Waals surface area contributed by atoms with E-state index in [4.69, 9.17) is 14.2 Å². The smallest absolute Gasteiger partial charge is 0.302 e. The highest BCUT2D eigenvalue weighted by atomic mass is 16.6. The molecule has 0 aromatic rings. The van der Waals surface area contributed by atoms with Crippen LogP contribution in [0.3, 0.4) is 0 Å². The number of hydrogen-bond donors (Lipinski definition) is 1. The molecule has 0 bridgehead atoms. The predicted molar refractivity (Wildman–Crippen MR) is 152 cm³/mol. The largest absolute Gasteiger partial charge is 0.465 e. The Labute approximate surface area is 240 Å². The number of allylic oxidation sites excluding steroid dienone is 3. The zero-order valence-electron chi connectivity index (χ0n) is 25.5. The third-order valence-electron chi connectivity index (χ3n) is 10.7. The molecule has 10 atom stereocenters. The molecular formula is C33H50O7. The van der Waals surface area contributed by atoms with Gasteiger partial charge in [-0.15, -0.1) is 0 Å². The fourth-order valence-electron chi connectivity index (χ4n) is 9.23. The minimum Gasteiger partial charge on any atom is -0.465 e. The van der Waals surface area contributed by atoms with E-state index in [1.165, 1.54) is 26.3 Å². The van der Waals surface area contributed by atoms with Crippen LogP contribution in [0.25, 0.3) is 0 Å². The van der Waals surface area contributed by atoms with Crippen molar-refractivity contribution in [1.82, 2.24) is 0 Å². The maximum Gasteiger partial charge on any atom is 0.302 e. The Hall–Kier alpha value is -2.15. The van der Waals surface area contributed by atoms with Gasteiger partial charge in [0.05, 0.1) is 12.7 Å². The van der Waals surface area contributed by atoms with Crippen LogP contribution in [0.4, 0.5) is 0 Å². The van der Waals surface area contributed by atoms with Crippen molar-refractivity contribution in [2.24, 2.45) is 46.3 Å². The van der Waals surface area contributed by atoms with Gasteiger partial charge in [-0.2, -0.15) is 0 Å². The van der Waals surface area contributed by atoms with Gasteiger partial charge in [-0.1, -0.05) is 51.5 Å². The second-order valence-corrected chi connectivity index (χ2v) is 13.8. The van der Waals surface area contributed by atoms with E-state index in [1.807, 2.05) is 0 Å². The van der Waals surface area contributed by atoms with Gasteiger partial charge in [0.25, 0.3) is 0 Å². The van der Waals surface area contributed by atoms with Crippen LogP contribution in [-0.2, 0) is 28.6 Å². The van der Waals surface area contributed by atoms with Crippen LogP contribution in [0, 0.1) is 46.3 Å². The first kappa shape index (κ1) is 30.8. The van der Waals surface area contributed by atoms with Crippen molar-refractivity contribution in [3.8, 4) is 0 Å². The van der Waals surface area contributed by atoms with Gasteiger partial charge >= 0.3 is 17.9 Å². The van der Waals surface area contributed by atoms with E-state index >= 15 is 0 Å². The van der Waals surface area contributed by atoms with Gasteiger partial charge in [0.15, 0.2) is 0 Å². The average Bonchev–Trinajstić information content (AvgIpc) is 3.16. The van der Waals surface area contributed by atoms with Crippen LogP contribution < -0.4 is 0 Å². The molecule has 40 heavy (non-hydrogen) atoms. The summed E-state index contributed by atoms with van der Waals surface area (Å²) in [6, 6.07) is 0. The Kier molecular flexibility index (Phi) is 9.23. The Morgan fingerprint density at radius 2 is 1.73 bits per heavy atom. The molecule has 0 aromatic carbocycles. The van der Waals surface area contributed by atoms with Crippen LogP contribution >= 0.6 is 0 Å². The van der Waals surface area contributed by atoms with Crippen molar-refractivity contribution < 1.29 is 33.7 Å². The number of carbonyl (C=O) groups is 3. The van der Waals surface area contributed by atoms with E-state index in [9.17, 15) is 19.5 Å². The highest BCUT2D eigenvalue weighted by molar-refractivity contribution is 5.67. The lowest BCUT2D eigenvalue weighted by Crippen LogP contribution is -2.55. The average molecular weight is 559 g/mol. The molecule has 4 aliphatic carbocycles. The summed E-state index contributed by atoms with van der Waals surface area (Å²) in [4.78, 5) is 36.3. The van der Waals surface area contributed by atoms with Crippen LogP contribution in [0.2, 0.25) is 0 Å². The molecule has 4 aliphatic rings. The molecule has 1 N–H and O–H groups in total. The van der Waals surface area contributed by atoms with Crippen LogP contribution in [0.1, 0.15) is 93.4 Å². The zero-order valence-corrected chi connectivity index (χ0v) is 25.5. The minimum absolute atomic E-state index is 0.0465. The lowest BCUT2D eigenvalue weighted by molar-refractivity contribution is -0.165. The molecule has 0 amide bonds. The molecule has 0 spiro atoms. The first-order chi connectivity index (χ1) is 18.8. The molecule has 0 radical (unpaired) electrons. The van der Waals surface area contributed by atoms with Crippen molar-refractivity contribution >= 4 is 17.9 Å². The quantitative estimate of drug-likeness (QED) is 0.229. The van der Waals surface area contributed by atoms with Crippen molar-refractivity contribution in [3.63, 3.8) is 0 Å². The topological polar surface area (TPSA) is 99.1 Å². The summed E-state index contributed by atoms with van der Waals surface area (Å²) >= 11 is 0. The molecule has 3 fully saturated rings. The Bertz CT molecular complexity index is 1030. The van der Waals surface area contributed by atoms with Gasteiger partial charge < -0.3 is 19.3 Å². The van der Waals surface area contributed by atoms with Crippen LogP contribution in [0.5, 0.6) is 0 Å². The van der Waals surface area contributed by atoms with E-state index in [1.54, 1.807) is 0 Å². The van der Waals surface area contributed by atoms with Gasteiger partial charge in [-0.3, -0.25) is 14.4 Å². The monoisotopic (exact) mass is 558 g/mol. The summed E-state index contributed by atoms with van der Waals surface area (Å²) in [6.45, 7) is 13.6. The number of carbonyl (C=O) groups excluding carboxylic acids is 3. The van der Waals surface area contributed by atoms with E-state index in [0.29, 0.717) is 37.2 Å². The zero-order chi connectivity index (χ0) is 29.4. The summed E-state index contributed by atoms with van der Waals surface area (Å²) in [6.07, 6.45) is 11.0. The molecule has 4 unspecified atom stereocenters. The fraction of sp³-hybridized carbons (Fsp3) is 0.788. The van der Waals surface area contributed by atoms with E-state index in [2.05, 4.69) is 45.9 Å². The molecule has 224 valence electrons. The molecule has 7 heteroatoms. The first-order valence-corrected chi connectivity index (χ1v) is 15.3. The molecule has 3 saturated carbocycles. The fourth-order valence-corrected chi connectivity index (χ4v) is 9.23. The highest BCUT2D eigenvalue weighted by Crippen LogP contribution is 2.68. The minimum atomic E-state index is -0.686. The lowest BCUT2D eigenvalue weighted by Gasteiger charge is -2.59. The second-order valence-electron chi connectivity index (χ2n) is 13.8.